The van der Waals surface area contributed by atoms with Crippen LogP contribution in [-0.4, -0.2) is 4.98 Å². The Labute approximate surface area is 112 Å². The van der Waals surface area contributed by atoms with E-state index in [4.69, 9.17) is 5.26 Å². The number of hydrogen-bond acceptors (Lipinski definition) is 3. The third-order valence-electron chi connectivity index (χ3n) is 2.37. The van der Waals surface area contributed by atoms with Crippen molar-refractivity contribution >= 4 is 21.6 Å². The minimum Gasteiger partial charge on any atom is -0.380 e. The second-order valence-electron chi connectivity index (χ2n) is 3.64. The molecule has 5 heteroatoms. The van der Waals surface area contributed by atoms with Crippen LogP contribution in [0.3, 0.4) is 0 Å². The summed E-state index contributed by atoms with van der Waals surface area (Å²) in [5.74, 6) is -0.519. The van der Waals surface area contributed by atoms with E-state index in [1.807, 2.05) is 12.1 Å². The summed E-state index contributed by atoms with van der Waals surface area (Å²) in [6.07, 6.45) is 3.40. The van der Waals surface area contributed by atoms with Gasteiger partial charge in [0.05, 0.1) is 5.69 Å². The van der Waals surface area contributed by atoms with Crippen LogP contribution in [0, 0.1) is 17.1 Å². The minimum absolute atomic E-state index is 0.0282. The zero-order valence-corrected chi connectivity index (χ0v) is 10.9. The minimum atomic E-state index is -0.519. The Kier molecular flexibility index (Phi) is 3.90. The summed E-state index contributed by atoms with van der Waals surface area (Å²) in [5.41, 5.74) is 1.45. The van der Waals surface area contributed by atoms with Crippen LogP contribution in [0.15, 0.2) is 41.1 Å². The number of hydrogen-bond donors (Lipinski definition) is 1. The monoisotopic (exact) mass is 305 g/mol. The van der Waals surface area contributed by atoms with Gasteiger partial charge in [-0.1, -0.05) is 6.07 Å². The lowest BCUT2D eigenvalue weighted by Crippen LogP contribution is -2.02. The number of nitrogens with one attached hydrogen (secondary N) is 1. The van der Waals surface area contributed by atoms with E-state index in [0.29, 0.717) is 12.2 Å². The van der Waals surface area contributed by atoms with Crippen LogP contribution < -0.4 is 5.32 Å². The third kappa shape index (κ3) is 2.84. The maximum atomic E-state index is 13.4. The molecule has 18 heavy (non-hydrogen) atoms. The lowest BCUT2D eigenvalue weighted by Gasteiger charge is -2.08. The number of halogens is 2. The molecule has 0 spiro atoms. The summed E-state index contributed by atoms with van der Waals surface area (Å²) in [6, 6.07) is 8.27. The Morgan fingerprint density at radius 3 is 2.94 bits per heavy atom. The first-order chi connectivity index (χ1) is 8.70. The smallest absolute Gasteiger partial charge is 0.143 e. The molecule has 0 atom stereocenters. The van der Waals surface area contributed by atoms with Crippen molar-refractivity contribution in [3.05, 3.63) is 58.1 Å². The molecule has 0 fully saturated rings. The predicted molar refractivity (Wildman–Crippen MR) is 70.4 cm³/mol. The molecule has 0 aliphatic carbocycles. The molecule has 1 N–H and O–H groups in total. The quantitative estimate of drug-likeness (QED) is 0.944. The number of nitriles is 1. The average Bonchev–Trinajstić information content (AvgIpc) is 2.36. The zero-order valence-electron chi connectivity index (χ0n) is 9.32. The summed E-state index contributed by atoms with van der Waals surface area (Å²) in [7, 11) is 0. The van der Waals surface area contributed by atoms with Gasteiger partial charge in [-0.2, -0.15) is 5.26 Å². The van der Waals surface area contributed by atoms with Crippen molar-refractivity contribution in [2.24, 2.45) is 0 Å². The van der Waals surface area contributed by atoms with E-state index in [1.165, 1.54) is 6.07 Å². The van der Waals surface area contributed by atoms with Crippen LogP contribution in [0.25, 0.3) is 0 Å². The summed E-state index contributed by atoms with van der Waals surface area (Å²) < 4.78 is 14.2. The van der Waals surface area contributed by atoms with E-state index in [1.54, 1.807) is 24.5 Å². The average molecular weight is 306 g/mol. The van der Waals surface area contributed by atoms with E-state index in [2.05, 4.69) is 26.2 Å². The molecule has 0 radical (unpaired) electrons. The van der Waals surface area contributed by atoms with Gasteiger partial charge in [-0.15, -0.1) is 0 Å². The van der Waals surface area contributed by atoms with Gasteiger partial charge in [0.1, 0.15) is 17.4 Å². The molecule has 0 saturated carbocycles. The van der Waals surface area contributed by atoms with Gasteiger partial charge in [-0.05, 0) is 39.7 Å². The summed E-state index contributed by atoms with van der Waals surface area (Å²) >= 11 is 3.33. The van der Waals surface area contributed by atoms with Crippen LogP contribution in [0.2, 0.25) is 0 Å². The summed E-state index contributed by atoms with van der Waals surface area (Å²) in [6.45, 7) is 0.477. The topological polar surface area (TPSA) is 48.7 Å². The fourth-order valence-corrected chi connectivity index (χ4v) is 1.95. The van der Waals surface area contributed by atoms with E-state index in [-0.39, 0.29) is 5.56 Å². The van der Waals surface area contributed by atoms with Gasteiger partial charge in [0.15, 0.2) is 0 Å². The molecule has 0 aliphatic rings. The Morgan fingerprint density at radius 2 is 2.22 bits per heavy atom. The predicted octanol–water partition coefficient (Wildman–Crippen LogP) is 3.47. The molecular formula is C13H9BrFN3. The van der Waals surface area contributed by atoms with Gasteiger partial charge in [0, 0.05) is 23.4 Å². The number of anilines is 1. The number of nitrogens with zero attached hydrogens (tertiary/aromatic N) is 2. The highest BCUT2D eigenvalue weighted by atomic mass is 79.9. The highest BCUT2D eigenvalue weighted by molar-refractivity contribution is 9.10. The molecule has 0 aliphatic heterocycles. The van der Waals surface area contributed by atoms with Crippen LogP contribution in [0.4, 0.5) is 10.1 Å². The molecule has 90 valence electrons. The van der Waals surface area contributed by atoms with Gasteiger partial charge < -0.3 is 5.32 Å². The molecule has 0 saturated heterocycles. The van der Waals surface area contributed by atoms with Gasteiger partial charge in [-0.25, -0.2) is 4.39 Å². The maximum Gasteiger partial charge on any atom is 0.143 e. The van der Waals surface area contributed by atoms with Crippen LogP contribution >= 0.6 is 15.9 Å². The molecule has 1 aromatic carbocycles. The van der Waals surface area contributed by atoms with E-state index in [9.17, 15) is 4.39 Å². The number of pyridine rings is 1. The zero-order chi connectivity index (χ0) is 13.0. The van der Waals surface area contributed by atoms with Crippen molar-refractivity contribution in [3.63, 3.8) is 0 Å². The second-order valence-corrected chi connectivity index (χ2v) is 4.55. The van der Waals surface area contributed by atoms with E-state index >= 15 is 0 Å². The fraction of sp³-hybridized carbons (Fsp3) is 0.0769. The molecule has 0 unspecified atom stereocenters. The fourth-order valence-electron chi connectivity index (χ4n) is 1.53. The summed E-state index contributed by atoms with van der Waals surface area (Å²) in [5, 5.41) is 11.9. The van der Waals surface area contributed by atoms with Gasteiger partial charge >= 0.3 is 0 Å². The molecule has 2 rings (SSSR count). The summed E-state index contributed by atoms with van der Waals surface area (Å²) in [4.78, 5) is 4.03. The number of rotatable bonds is 3. The van der Waals surface area contributed by atoms with Crippen LogP contribution in [0.1, 0.15) is 11.1 Å². The molecule has 3 nitrogen and oxygen atoms in total. The molecule has 1 heterocycles. The molecule has 2 aromatic rings. The van der Waals surface area contributed by atoms with Gasteiger partial charge in [-0.3, -0.25) is 4.98 Å². The molecule has 0 amide bonds. The molecular weight excluding hydrogens is 297 g/mol. The van der Waals surface area contributed by atoms with Crippen molar-refractivity contribution in [2.45, 2.75) is 6.54 Å². The first-order valence-electron chi connectivity index (χ1n) is 5.22. The van der Waals surface area contributed by atoms with E-state index < -0.39 is 5.82 Å². The Balaban J connectivity index is 2.16. The highest BCUT2D eigenvalue weighted by Gasteiger charge is 2.07. The van der Waals surface area contributed by atoms with Gasteiger partial charge in [0.25, 0.3) is 0 Å². The first-order valence-corrected chi connectivity index (χ1v) is 6.02. The van der Waals surface area contributed by atoms with Crippen molar-refractivity contribution in [1.29, 1.82) is 5.26 Å². The Hall–Kier alpha value is -1.93. The Morgan fingerprint density at radius 1 is 1.39 bits per heavy atom. The van der Waals surface area contributed by atoms with Crippen molar-refractivity contribution in [3.8, 4) is 6.07 Å². The van der Waals surface area contributed by atoms with Crippen molar-refractivity contribution < 1.29 is 4.39 Å². The molecule has 0 bridgehead atoms. The standard InChI is InChI=1S/C13H9BrFN3/c14-10-4-9(6-17-8-10)7-18-13-3-1-2-12(15)11(13)5-16/h1-4,6,8,18H,7H2. The number of benzene rings is 1. The first kappa shape index (κ1) is 12.5. The van der Waals surface area contributed by atoms with Crippen molar-refractivity contribution in [1.82, 2.24) is 4.98 Å². The largest absolute Gasteiger partial charge is 0.380 e. The number of aromatic nitrogens is 1. The lowest BCUT2D eigenvalue weighted by atomic mass is 10.1. The third-order valence-corrected chi connectivity index (χ3v) is 2.80. The van der Waals surface area contributed by atoms with Crippen LogP contribution in [0.5, 0.6) is 0 Å². The second kappa shape index (κ2) is 5.61. The normalized spacial score (nSPS) is 9.83. The Bertz CT molecular complexity index is 607. The SMILES string of the molecule is N#Cc1c(F)cccc1NCc1cncc(Br)c1. The van der Waals surface area contributed by atoms with E-state index in [0.717, 1.165) is 10.0 Å². The van der Waals surface area contributed by atoms with Gasteiger partial charge in [0.2, 0.25) is 0 Å². The van der Waals surface area contributed by atoms with Crippen molar-refractivity contribution in [2.75, 3.05) is 5.32 Å². The van der Waals surface area contributed by atoms with Crippen LogP contribution in [-0.2, 0) is 6.54 Å². The highest BCUT2D eigenvalue weighted by Crippen LogP contribution is 2.19. The maximum absolute atomic E-state index is 13.4. The molecule has 1 aromatic heterocycles. The lowest BCUT2D eigenvalue weighted by molar-refractivity contribution is 0.624.